The SMILES string of the molecule is COc1csc(C(O)Cc2ccc(F)cc2F)c1. The number of ether oxygens (including phenoxy) is 1. The third-order valence-corrected chi connectivity index (χ3v) is 3.60. The number of halogens is 2. The number of rotatable bonds is 4. The second kappa shape index (κ2) is 5.46. The second-order valence-corrected chi connectivity index (χ2v) is 4.79. The number of hydrogen-bond acceptors (Lipinski definition) is 3. The van der Waals surface area contributed by atoms with Crippen molar-refractivity contribution >= 4 is 11.3 Å². The molecule has 2 rings (SSSR count). The van der Waals surface area contributed by atoms with Crippen LogP contribution in [0.25, 0.3) is 0 Å². The Morgan fingerprint density at radius 2 is 2.11 bits per heavy atom. The van der Waals surface area contributed by atoms with E-state index in [2.05, 4.69) is 0 Å². The first-order valence-corrected chi connectivity index (χ1v) is 6.22. The predicted molar refractivity (Wildman–Crippen MR) is 65.9 cm³/mol. The van der Waals surface area contributed by atoms with Crippen molar-refractivity contribution in [1.82, 2.24) is 0 Å². The van der Waals surface area contributed by atoms with Crippen molar-refractivity contribution in [3.05, 3.63) is 51.7 Å². The van der Waals surface area contributed by atoms with Crippen LogP contribution in [0.5, 0.6) is 5.75 Å². The van der Waals surface area contributed by atoms with E-state index < -0.39 is 17.7 Å². The van der Waals surface area contributed by atoms with E-state index >= 15 is 0 Å². The van der Waals surface area contributed by atoms with E-state index in [1.165, 1.54) is 30.6 Å². The Morgan fingerprint density at radius 3 is 2.72 bits per heavy atom. The van der Waals surface area contributed by atoms with Gasteiger partial charge in [0.05, 0.1) is 13.2 Å². The third kappa shape index (κ3) is 2.86. The monoisotopic (exact) mass is 270 g/mol. The largest absolute Gasteiger partial charge is 0.496 e. The van der Waals surface area contributed by atoms with Crippen molar-refractivity contribution in [2.24, 2.45) is 0 Å². The van der Waals surface area contributed by atoms with E-state index in [-0.39, 0.29) is 12.0 Å². The van der Waals surface area contributed by atoms with Crippen LogP contribution >= 0.6 is 11.3 Å². The van der Waals surface area contributed by atoms with Crippen molar-refractivity contribution < 1.29 is 18.6 Å². The van der Waals surface area contributed by atoms with Gasteiger partial charge in [0.15, 0.2) is 0 Å². The molecule has 0 spiro atoms. The lowest BCUT2D eigenvalue weighted by molar-refractivity contribution is 0.180. The molecule has 1 unspecified atom stereocenters. The molecule has 18 heavy (non-hydrogen) atoms. The molecule has 1 aromatic heterocycles. The summed E-state index contributed by atoms with van der Waals surface area (Å²) in [5.74, 6) is -0.602. The van der Waals surface area contributed by atoms with Gasteiger partial charge in [0.25, 0.3) is 0 Å². The van der Waals surface area contributed by atoms with Crippen molar-refractivity contribution in [2.75, 3.05) is 7.11 Å². The van der Waals surface area contributed by atoms with Crippen molar-refractivity contribution in [3.8, 4) is 5.75 Å². The van der Waals surface area contributed by atoms with Crippen LogP contribution in [0.1, 0.15) is 16.5 Å². The fourth-order valence-electron chi connectivity index (χ4n) is 1.61. The normalized spacial score (nSPS) is 12.4. The molecule has 0 amide bonds. The number of aliphatic hydroxyl groups is 1. The van der Waals surface area contributed by atoms with Gasteiger partial charge in [0.2, 0.25) is 0 Å². The van der Waals surface area contributed by atoms with Crippen LogP contribution < -0.4 is 4.74 Å². The number of benzene rings is 1. The molecule has 0 saturated heterocycles. The number of methoxy groups -OCH3 is 1. The van der Waals surface area contributed by atoms with Gasteiger partial charge in [0, 0.05) is 22.7 Å². The first kappa shape index (κ1) is 13.0. The molecular weight excluding hydrogens is 258 g/mol. The average Bonchev–Trinajstić information content (AvgIpc) is 2.81. The van der Waals surface area contributed by atoms with E-state index in [1.54, 1.807) is 11.4 Å². The fraction of sp³-hybridized carbons (Fsp3) is 0.231. The lowest BCUT2D eigenvalue weighted by Gasteiger charge is -2.09. The highest BCUT2D eigenvalue weighted by molar-refractivity contribution is 7.10. The van der Waals surface area contributed by atoms with Crippen LogP contribution in [0.2, 0.25) is 0 Å². The lowest BCUT2D eigenvalue weighted by Crippen LogP contribution is -2.02. The minimum absolute atomic E-state index is 0.107. The summed E-state index contributed by atoms with van der Waals surface area (Å²) in [4.78, 5) is 0.690. The maximum absolute atomic E-state index is 13.4. The Balaban J connectivity index is 2.13. The van der Waals surface area contributed by atoms with Gasteiger partial charge >= 0.3 is 0 Å². The quantitative estimate of drug-likeness (QED) is 0.923. The van der Waals surface area contributed by atoms with Gasteiger partial charge in [-0.15, -0.1) is 11.3 Å². The van der Waals surface area contributed by atoms with Crippen LogP contribution in [-0.2, 0) is 6.42 Å². The Morgan fingerprint density at radius 1 is 1.33 bits per heavy atom. The van der Waals surface area contributed by atoms with Crippen molar-refractivity contribution in [3.63, 3.8) is 0 Å². The van der Waals surface area contributed by atoms with Gasteiger partial charge in [-0.05, 0) is 17.7 Å². The molecule has 96 valence electrons. The van der Waals surface area contributed by atoms with Gasteiger partial charge in [-0.25, -0.2) is 8.78 Å². The van der Waals surface area contributed by atoms with Crippen molar-refractivity contribution in [2.45, 2.75) is 12.5 Å². The summed E-state index contributed by atoms with van der Waals surface area (Å²) in [5.41, 5.74) is 0.288. The zero-order valence-electron chi connectivity index (χ0n) is 9.69. The molecule has 0 aliphatic carbocycles. The summed E-state index contributed by atoms with van der Waals surface area (Å²) < 4.78 is 31.2. The van der Waals surface area contributed by atoms with Crippen LogP contribution in [0.3, 0.4) is 0 Å². The Hall–Kier alpha value is -1.46. The summed E-state index contributed by atoms with van der Waals surface area (Å²) in [6.45, 7) is 0. The molecule has 1 atom stereocenters. The van der Waals surface area contributed by atoms with E-state index in [0.717, 1.165) is 6.07 Å². The Bertz CT molecular complexity index is 540. The Kier molecular flexibility index (Phi) is 3.93. The van der Waals surface area contributed by atoms with Crippen LogP contribution in [0.15, 0.2) is 29.6 Å². The number of aliphatic hydroxyl groups excluding tert-OH is 1. The van der Waals surface area contributed by atoms with Crippen LogP contribution in [0.4, 0.5) is 8.78 Å². The van der Waals surface area contributed by atoms with Gasteiger partial charge in [-0.2, -0.15) is 0 Å². The molecule has 2 nitrogen and oxygen atoms in total. The first-order valence-electron chi connectivity index (χ1n) is 5.34. The number of thiophene rings is 1. The molecule has 5 heteroatoms. The summed E-state index contributed by atoms with van der Waals surface area (Å²) in [7, 11) is 1.54. The minimum atomic E-state index is -0.820. The molecule has 2 aromatic rings. The maximum atomic E-state index is 13.4. The standard InChI is InChI=1S/C13H12F2O2S/c1-17-10-6-13(18-7-10)12(16)4-8-2-3-9(14)5-11(8)15/h2-3,5-7,12,16H,4H2,1H3. The van der Waals surface area contributed by atoms with Gasteiger partial charge < -0.3 is 9.84 Å². The summed E-state index contributed by atoms with van der Waals surface area (Å²) in [6, 6.07) is 5.05. The molecule has 1 N–H and O–H groups in total. The summed E-state index contributed by atoms with van der Waals surface area (Å²) >= 11 is 1.34. The zero-order chi connectivity index (χ0) is 13.1. The molecule has 1 heterocycles. The Labute approximate surface area is 107 Å². The second-order valence-electron chi connectivity index (χ2n) is 3.84. The molecule has 0 fully saturated rings. The average molecular weight is 270 g/mol. The number of hydrogen-bond donors (Lipinski definition) is 1. The summed E-state index contributed by atoms with van der Waals surface area (Å²) in [6.07, 6.45) is -0.714. The summed E-state index contributed by atoms with van der Waals surface area (Å²) in [5, 5.41) is 11.7. The van der Waals surface area contributed by atoms with Gasteiger partial charge in [-0.3, -0.25) is 0 Å². The maximum Gasteiger partial charge on any atom is 0.129 e. The van der Waals surface area contributed by atoms with E-state index in [4.69, 9.17) is 4.74 Å². The highest BCUT2D eigenvalue weighted by atomic mass is 32.1. The molecule has 0 aliphatic heterocycles. The first-order chi connectivity index (χ1) is 8.60. The predicted octanol–water partition coefficient (Wildman–Crippen LogP) is 3.31. The highest BCUT2D eigenvalue weighted by Gasteiger charge is 2.14. The van der Waals surface area contributed by atoms with Crippen LogP contribution in [0, 0.1) is 11.6 Å². The van der Waals surface area contributed by atoms with Crippen molar-refractivity contribution in [1.29, 1.82) is 0 Å². The molecule has 0 bridgehead atoms. The molecule has 1 aromatic carbocycles. The van der Waals surface area contributed by atoms with E-state index in [1.807, 2.05) is 0 Å². The molecular formula is C13H12F2O2S. The van der Waals surface area contributed by atoms with E-state index in [0.29, 0.717) is 10.6 Å². The minimum Gasteiger partial charge on any atom is -0.496 e. The fourth-order valence-corrected chi connectivity index (χ4v) is 2.45. The van der Waals surface area contributed by atoms with Gasteiger partial charge in [-0.1, -0.05) is 6.07 Å². The zero-order valence-corrected chi connectivity index (χ0v) is 10.5. The van der Waals surface area contributed by atoms with Crippen LogP contribution in [-0.4, -0.2) is 12.2 Å². The third-order valence-electron chi connectivity index (χ3n) is 2.59. The lowest BCUT2D eigenvalue weighted by atomic mass is 10.1. The molecule has 0 radical (unpaired) electrons. The van der Waals surface area contributed by atoms with E-state index in [9.17, 15) is 13.9 Å². The smallest absolute Gasteiger partial charge is 0.129 e. The molecule has 0 aliphatic rings. The molecule has 0 saturated carbocycles. The highest BCUT2D eigenvalue weighted by Crippen LogP contribution is 2.29. The topological polar surface area (TPSA) is 29.5 Å². The van der Waals surface area contributed by atoms with Gasteiger partial charge in [0.1, 0.15) is 17.4 Å².